The van der Waals surface area contributed by atoms with Gasteiger partial charge < -0.3 is 14.2 Å². The molecule has 1 fully saturated rings. The van der Waals surface area contributed by atoms with Crippen LogP contribution in [0.15, 0.2) is 16.9 Å². The SMILES string of the molecule is Cc1noc(C)c1CCC(=O)N1CCCC(Oc2ncc(F)cn2)C1. The summed E-state index contributed by atoms with van der Waals surface area (Å²) in [6.45, 7) is 4.93. The zero-order valence-corrected chi connectivity index (χ0v) is 14.4. The molecule has 1 atom stereocenters. The van der Waals surface area contributed by atoms with E-state index in [1.54, 1.807) is 4.90 Å². The minimum absolute atomic E-state index is 0.0772. The molecular weight excluding hydrogens is 327 g/mol. The van der Waals surface area contributed by atoms with Crippen molar-refractivity contribution < 1.29 is 18.4 Å². The minimum Gasteiger partial charge on any atom is -0.458 e. The van der Waals surface area contributed by atoms with Crippen molar-refractivity contribution in [2.24, 2.45) is 0 Å². The van der Waals surface area contributed by atoms with Gasteiger partial charge in [-0.1, -0.05) is 5.16 Å². The molecule has 134 valence electrons. The van der Waals surface area contributed by atoms with Crippen LogP contribution in [0.5, 0.6) is 6.01 Å². The van der Waals surface area contributed by atoms with Crippen LogP contribution < -0.4 is 4.74 Å². The second-order valence-corrected chi connectivity index (χ2v) is 6.21. The number of halogens is 1. The van der Waals surface area contributed by atoms with Crippen molar-refractivity contribution >= 4 is 5.91 Å². The first-order valence-corrected chi connectivity index (χ1v) is 8.36. The van der Waals surface area contributed by atoms with Gasteiger partial charge in [0.05, 0.1) is 24.6 Å². The molecule has 0 N–H and O–H groups in total. The molecule has 8 heteroatoms. The fourth-order valence-corrected chi connectivity index (χ4v) is 3.02. The van der Waals surface area contributed by atoms with E-state index >= 15 is 0 Å². The van der Waals surface area contributed by atoms with Gasteiger partial charge in [-0.3, -0.25) is 4.79 Å². The summed E-state index contributed by atoms with van der Waals surface area (Å²) in [6, 6.07) is 0.136. The Morgan fingerprint density at radius 3 is 2.84 bits per heavy atom. The third-order valence-corrected chi connectivity index (χ3v) is 4.37. The maximum Gasteiger partial charge on any atom is 0.316 e. The van der Waals surface area contributed by atoms with Crippen LogP contribution in [-0.2, 0) is 11.2 Å². The fraction of sp³-hybridized carbons (Fsp3) is 0.529. The maximum atomic E-state index is 12.8. The van der Waals surface area contributed by atoms with Crippen LogP contribution in [0.2, 0.25) is 0 Å². The number of nitrogens with zero attached hydrogens (tertiary/aromatic N) is 4. The van der Waals surface area contributed by atoms with E-state index in [0.29, 0.717) is 25.9 Å². The summed E-state index contributed by atoms with van der Waals surface area (Å²) in [5.74, 6) is 0.332. The molecule has 0 saturated carbocycles. The smallest absolute Gasteiger partial charge is 0.316 e. The summed E-state index contributed by atoms with van der Waals surface area (Å²) >= 11 is 0. The Labute approximate surface area is 145 Å². The molecule has 7 nitrogen and oxygen atoms in total. The van der Waals surface area contributed by atoms with Gasteiger partial charge >= 0.3 is 6.01 Å². The number of carbonyl (C=O) groups excluding carboxylic acids is 1. The van der Waals surface area contributed by atoms with Gasteiger partial charge in [0.2, 0.25) is 5.91 Å². The zero-order chi connectivity index (χ0) is 17.8. The first-order chi connectivity index (χ1) is 12.0. The molecule has 0 spiro atoms. The fourth-order valence-electron chi connectivity index (χ4n) is 3.02. The summed E-state index contributed by atoms with van der Waals surface area (Å²) in [6.07, 6.45) is 4.64. The molecule has 1 saturated heterocycles. The minimum atomic E-state index is -0.507. The lowest BCUT2D eigenvalue weighted by atomic mass is 10.1. The van der Waals surface area contributed by atoms with Crippen molar-refractivity contribution in [2.75, 3.05) is 13.1 Å². The molecule has 3 heterocycles. The van der Waals surface area contributed by atoms with Crippen molar-refractivity contribution in [3.63, 3.8) is 0 Å². The van der Waals surface area contributed by atoms with Crippen LogP contribution >= 0.6 is 0 Å². The molecule has 25 heavy (non-hydrogen) atoms. The highest BCUT2D eigenvalue weighted by atomic mass is 19.1. The lowest BCUT2D eigenvalue weighted by Crippen LogP contribution is -2.44. The van der Waals surface area contributed by atoms with E-state index in [1.165, 1.54) is 0 Å². The van der Waals surface area contributed by atoms with Crippen LogP contribution in [0.3, 0.4) is 0 Å². The highest BCUT2D eigenvalue weighted by Crippen LogP contribution is 2.18. The number of carbonyl (C=O) groups is 1. The summed E-state index contributed by atoms with van der Waals surface area (Å²) < 4.78 is 23.6. The topological polar surface area (TPSA) is 81.4 Å². The van der Waals surface area contributed by atoms with Crippen LogP contribution in [0.25, 0.3) is 0 Å². The Bertz CT molecular complexity index is 712. The molecule has 1 amide bonds. The second-order valence-electron chi connectivity index (χ2n) is 6.21. The Morgan fingerprint density at radius 2 is 2.16 bits per heavy atom. The first-order valence-electron chi connectivity index (χ1n) is 8.36. The molecule has 1 aliphatic rings. The molecule has 0 aromatic carbocycles. The highest BCUT2D eigenvalue weighted by molar-refractivity contribution is 5.76. The van der Waals surface area contributed by atoms with Crippen molar-refractivity contribution in [2.45, 2.75) is 45.6 Å². The van der Waals surface area contributed by atoms with Gasteiger partial charge in [-0.05, 0) is 33.1 Å². The number of likely N-dealkylation sites (tertiary alicyclic amines) is 1. The molecule has 1 aliphatic heterocycles. The maximum absolute atomic E-state index is 12.8. The van der Waals surface area contributed by atoms with Gasteiger partial charge in [0.25, 0.3) is 0 Å². The summed E-state index contributed by atoms with van der Waals surface area (Å²) in [5, 5.41) is 3.91. The molecule has 0 bridgehead atoms. The molecule has 0 radical (unpaired) electrons. The predicted octanol–water partition coefficient (Wildman–Crippen LogP) is 2.22. The highest BCUT2D eigenvalue weighted by Gasteiger charge is 2.25. The average Bonchev–Trinajstić information content (AvgIpc) is 2.93. The number of amides is 1. The van der Waals surface area contributed by atoms with E-state index in [-0.39, 0.29) is 18.0 Å². The Balaban J connectivity index is 1.53. The number of ether oxygens (including phenoxy) is 1. The second kappa shape index (κ2) is 7.58. The van der Waals surface area contributed by atoms with E-state index in [2.05, 4.69) is 15.1 Å². The van der Waals surface area contributed by atoms with Crippen LogP contribution in [0.4, 0.5) is 4.39 Å². The van der Waals surface area contributed by atoms with E-state index < -0.39 is 5.82 Å². The van der Waals surface area contributed by atoms with E-state index in [4.69, 9.17) is 9.26 Å². The number of piperidine rings is 1. The predicted molar refractivity (Wildman–Crippen MR) is 86.5 cm³/mol. The van der Waals surface area contributed by atoms with Gasteiger partial charge in [-0.2, -0.15) is 0 Å². The third-order valence-electron chi connectivity index (χ3n) is 4.37. The zero-order valence-electron chi connectivity index (χ0n) is 14.4. The van der Waals surface area contributed by atoms with E-state index in [1.807, 2.05) is 13.8 Å². The summed E-state index contributed by atoms with van der Waals surface area (Å²) in [7, 11) is 0. The van der Waals surface area contributed by atoms with Gasteiger partial charge in [-0.15, -0.1) is 0 Å². The van der Waals surface area contributed by atoms with Crippen LogP contribution in [-0.4, -0.2) is 45.1 Å². The van der Waals surface area contributed by atoms with Gasteiger partial charge in [0.1, 0.15) is 11.9 Å². The molecule has 2 aromatic heterocycles. The average molecular weight is 348 g/mol. The standard InChI is InChI=1S/C17H21FN4O3/c1-11-15(12(2)25-21-11)5-6-16(23)22-7-3-4-14(10-22)24-17-19-8-13(18)9-20-17/h8-9,14H,3-7,10H2,1-2H3. The van der Waals surface area contributed by atoms with Crippen molar-refractivity contribution in [1.82, 2.24) is 20.0 Å². The van der Waals surface area contributed by atoms with Gasteiger partial charge in [-0.25, -0.2) is 14.4 Å². The monoisotopic (exact) mass is 348 g/mol. The Morgan fingerprint density at radius 1 is 1.40 bits per heavy atom. The van der Waals surface area contributed by atoms with Crippen molar-refractivity contribution in [3.8, 4) is 6.01 Å². The Hall–Kier alpha value is -2.51. The number of rotatable bonds is 5. The first kappa shape index (κ1) is 17.3. The van der Waals surface area contributed by atoms with E-state index in [0.717, 1.165) is 42.3 Å². The largest absolute Gasteiger partial charge is 0.458 e. The quantitative estimate of drug-likeness (QED) is 0.824. The molecule has 1 unspecified atom stereocenters. The van der Waals surface area contributed by atoms with Crippen LogP contribution in [0.1, 0.15) is 36.3 Å². The summed E-state index contributed by atoms with van der Waals surface area (Å²) in [4.78, 5) is 21.9. The van der Waals surface area contributed by atoms with Crippen molar-refractivity contribution in [3.05, 3.63) is 35.2 Å². The lowest BCUT2D eigenvalue weighted by Gasteiger charge is -2.32. The summed E-state index contributed by atoms with van der Waals surface area (Å²) in [5.41, 5.74) is 1.83. The molecule has 3 rings (SSSR count). The number of hydrogen-bond acceptors (Lipinski definition) is 6. The van der Waals surface area contributed by atoms with Gasteiger partial charge in [0, 0.05) is 18.5 Å². The molecule has 0 aliphatic carbocycles. The van der Waals surface area contributed by atoms with Crippen molar-refractivity contribution in [1.29, 1.82) is 0 Å². The Kier molecular flexibility index (Phi) is 5.25. The molecular formula is C17H21FN4O3. The number of aryl methyl sites for hydroxylation is 2. The number of hydrogen-bond donors (Lipinski definition) is 0. The van der Waals surface area contributed by atoms with E-state index in [9.17, 15) is 9.18 Å². The molecule has 2 aromatic rings. The number of aromatic nitrogens is 3. The van der Waals surface area contributed by atoms with Gasteiger partial charge in [0.15, 0.2) is 5.82 Å². The normalized spacial score (nSPS) is 17.6. The lowest BCUT2D eigenvalue weighted by molar-refractivity contribution is -0.133. The third kappa shape index (κ3) is 4.32. The van der Waals surface area contributed by atoms with Crippen LogP contribution in [0, 0.1) is 19.7 Å².